The lowest BCUT2D eigenvalue weighted by Crippen LogP contribution is -1.87. The maximum absolute atomic E-state index is 5.47. The number of methoxy groups -OCH3 is 1. The molecule has 3 rings (SSSR count). The van der Waals surface area contributed by atoms with Gasteiger partial charge in [-0.2, -0.15) is 0 Å². The van der Waals surface area contributed by atoms with Crippen LogP contribution in [0, 0.1) is 0 Å². The Hall–Kier alpha value is -1.93. The molecule has 0 aliphatic rings. The highest BCUT2D eigenvalue weighted by Gasteiger charge is 2.06. The van der Waals surface area contributed by atoms with Crippen LogP contribution in [-0.2, 0) is 0 Å². The van der Waals surface area contributed by atoms with Crippen LogP contribution in [0.3, 0.4) is 0 Å². The van der Waals surface area contributed by atoms with Gasteiger partial charge in [-0.15, -0.1) is 11.8 Å². The van der Waals surface area contributed by atoms with Crippen molar-refractivity contribution < 1.29 is 4.74 Å². The molecule has 0 aromatic heterocycles. The zero-order chi connectivity index (χ0) is 13.9. The van der Waals surface area contributed by atoms with Crippen LogP contribution in [0.1, 0.15) is 0 Å². The molecule has 0 N–H and O–H groups in total. The molecule has 2 heteroatoms. The van der Waals surface area contributed by atoms with E-state index in [1.165, 1.54) is 26.8 Å². The summed E-state index contributed by atoms with van der Waals surface area (Å²) in [4.78, 5) is 1.17. The molecule has 0 aliphatic carbocycles. The third-order valence-corrected chi connectivity index (χ3v) is 4.21. The molecule has 100 valence electrons. The van der Waals surface area contributed by atoms with Crippen LogP contribution < -0.4 is 4.74 Å². The molecular formula is C18H16OS. The molecule has 20 heavy (non-hydrogen) atoms. The summed E-state index contributed by atoms with van der Waals surface area (Å²) in [5.41, 5.74) is 2.47. The Morgan fingerprint density at radius 2 is 1.60 bits per heavy atom. The quantitative estimate of drug-likeness (QED) is 0.607. The van der Waals surface area contributed by atoms with Crippen molar-refractivity contribution in [1.82, 2.24) is 0 Å². The van der Waals surface area contributed by atoms with Crippen molar-refractivity contribution in [2.24, 2.45) is 0 Å². The Labute approximate surface area is 123 Å². The number of hydrogen-bond donors (Lipinski definition) is 0. The number of rotatable bonds is 3. The topological polar surface area (TPSA) is 9.23 Å². The van der Waals surface area contributed by atoms with Gasteiger partial charge in [0.1, 0.15) is 5.75 Å². The summed E-state index contributed by atoms with van der Waals surface area (Å²) < 4.78 is 5.47. The lowest BCUT2D eigenvalue weighted by molar-refractivity contribution is 0.405. The lowest BCUT2D eigenvalue weighted by atomic mass is 10.0. The smallest absolute Gasteiger partial charge is 0.133 e. The minimum absolute atomic E-state index is 0.940. The molecule has 0 radical (unpaired) electrons. The average molecular weight is 280 g/mol. The van der Waals surface area contributed by atoms with Gasteiger partial charge in [-0.3, -0.25) is 0 Å². The highest BCUT2D eigenvalue weighted by Crippen LogP contribution is 2.34. The minimum atomic E-state index is 0.940. The third-order valence-electron chi connectivity index (χ3n) is 3.45. The van der Waals surface area contributed by atoms with Crippen molar-refractivity contribution in [2.75, 3.05) is 13.4 Å². The van der Waals surface area contributed by atoms with E-state index < -0.39 is 0 Å². The summed E-state index contributed by atoms with van der Waals surface area (Å²) in [6.45, 7) is 0. The fraction of sp³-hybridized carbons (Fsp3) is 0.111. The molecule has 0 bridgehead atoms. The molecule has 0 saturated heterocycles. The number of benzene rings is 3. The van der Waals surface area contributed by atoms with E-state index >= 15 is 0 Å². The standard InChI is InChI=1S/C18H16OS/c1-19-17-11-16-10-14(13-6-4-3-5-7-13)8-9-15(16)12-18(17)20-2/h3-12H,1-2H3. The summed E-state index contributed by atoms with van der Waals surface area (Å²) in [5.74, 6) is 0.940. The highest BCUT2D eigenvalue weighted by atomic mass is 32.2. The van der Waals surface area contributed by atoms with Crippen LogP contribution in [0.25, 0.3) is 21.9 Å². The summed E-state index contributed by atoms with van der Waals surface area (Å²) in [7, 11) is 1.72. The fourth-order valence-electron chi connectivity index (χ4n) is 2.39. The normalized spacial score (nSPS) is 10.7. The number of fused-ring (bicyclic) bond motifs is 1. The fourth-order valence-corrected chi connectivity index (χ4v) is 2.97. The van der Waals surface area contributed by atoms with Gasteiger partial charge in [-0.1, -0.05) is 42.5 Å². The summed E-state index contributed by atoms with van der Waals surface area (Å²) in [6, 6.07) is 21.3. The first kappa shape index (κ1) is 13.1. The average Bonchev–Trinajstić information content (AvgIpc) is 2.53. The molecule has 0 fully saturated rings. The number of ether oxygens (including phenoxy) is 1. The van der Waals surface area contributed by atoms with Gasteiger partial charge in [0.2, 0.25) is 0 Å². The van der Waals surface area contributed by atoms with Crippen molar-refractivity contribution in [3.05, 3.63) is 60.7 Å². The van der Waals surface area contributed by atoms with Crippen LogP contribution in [0.2, 0.25) is 0 Å². The Bertz CT molecular complexity index is 735. The molecule has 0 atom stereocenters. The molecule has 0 heterocycles. The van der Waals surface area contributed by atoms with E-state index in [0.717, 1.165) is 5.75 Å². The summed E-state index contributed by atoms with van der Waals surface area (Å²) >= 11 is 1.71. The van der Waals surface area contributed by atoms with Crippen LogP contribution in [0.15, 0.2) is 65.6 Å². The van der Waals surface area contributed by atoms with Crippen molar-refractivity contribution in [3.8, 4) is 16.9 Å². The van der Waals surface area contributed by atoms with Gasteiger partial charge >= 0.3 is 0 Å². The maximum atomic E-state index is 5.47. The van der Waals surface area contributed by atoms with Gasteiger partial charge in [-0.25, -0.2) is 0 Å². The SMILES string of the molecule is COc1cc2cc(-c3ccccc3)ccc2cc1SC. The number of hydrogen-bond acceptors (Lipinski definition) is 2. The zero-order valence-corrected chi connectivity index (χ0v) is 12.4. The maximum Gasteiger partial charge on any atom is 0.133 e. The van der Waals surface area contributed by atoms with E-state index in [4.69, 9.17) is 4.74 Å². The highest BCUT2D eigenvalue weighted by molar-refractivity contribution is 7.98. The van der Waals surface area contributed by atoms with E-state index in [-0.39, 0.29) is 0 Å². The second-order valence-electron chi connectivity index (χ2n) is 4.64. The third kappa shape index (κ3) is 2.39. The Morgan fingerprint density at radius 3 is 2.30 bits per heavy atom. The summed E-state index contributed by atoms with van der Waals surface area (Å²) in [5, 5.41) is 2.45. The predicted molar refractivity (Wildman–Crippen MR) is 87.7 cm³/mol. The van der Waals surface area contributed by atoms with E-state index in [2.05, 4.69) is 60.9 Å². The van der Waals surface area contributed by atoms with Gasteiger partial charge in [0.25, 0.3) is 0 Å². The molecule has 3 aromatic rings. The van der Waals surface area contributed by atoms with Crippen LogP contribution in [0.5, 0.6) is 5.75 Å². The molecule has 0 saturated carbocycles. The Morgan fingerprint density at radius 1 is 0.800 bits per heavy atom. The minimum Gasteiger partial charge on any atom is -0.496 e. The molecule has 0 aliphatic heterocycles. The van der Waals surface area contributed by atoms with Gasteiger partial charge < -0.3 is 4.74 Å². The van der Waals surface area contributed by atoms with Crippen molar-refractivity contribution in [1.29, 1.82) is 0 Å². The van der Waals surface area contributed by atoms with E-state index in [1.807, 2.05) is 6.07 Å². The van der Waals surface area contributed by atoms with Crippen molar-refractivity contribution in [3.63, 3.8) is 0 Å². The molecular weight excluding hydrogens is 264 g/mol. The van der Waals surface area contributed by atoms with Crippen LogP contribution >= 0.6 is 11.8 Å². The lowest BCUT2D eigenvalue weighted by Gasteiger charge is -2.10. The predicted octanol–water partition coefficient (Wildman–Crippen LogP) is 5.24. The summed E-state index contributed by atoms with van der Waals surface area (Å²) in [6.07, 6.45) is 2.07. The van der Waals surface area contributed by atoms with Crippen molar-refractivity contribution in [2.45, 2.75) is 4.90 Å². The van der Waals surface area contributed by atoms with E-state index in [0.29, 0.717) is 0 Å². The molecule has 0 spiro atoms. The van der Waals surface area contributed by atoms with Crippen molar-refractivity contribution >= 4 is 22.5 Å². The molecule has 3 aromatic carbocycles. The first-order valence-corrected chi connectivity index (χ1v) is 7.75. The van der Waals surface area contributed by atoms with E-state index in [9.17, 15) is 0 Å². The first-order chi connectivity index (χ1) is 9.81. The molecule has 0 amide bonds. The van der Waals surface area contributed by atoms with Crippen LogP contribution in [0.4, 0.5) is 0 Å². The first-order valence-electron chi connectivity index (χ1n) is 6.53. The molecule has 1 nitrogen and oxygen atoms in total. The number of thioether (sulfide) groups is 1. The second-order valence-corrected chi connectivity index (χ2v) is 5.48. The van der Waals surface area contributed by atoms with Gasteiger partial charge in [0, 0.05) is 4.90 Å². The zero-order valence-electron chi connectivity index (χ0n) is 11.6. The van der Waals surface area contributed by atoms with Gasteiger partial charge in [0.15, 0.2) is 0 Å². The molecule has 0 unspecified atom stereocenters. The monoisotopic (exact) mass is 280 g/mol. The van der Waals surface area contributed by atoms with Gasteiger partial charge in [-0.05, 0) is 46.4 Å². The largest absolute Gasteiger partial charge is 0.496 e. The van der Waals surface area contributed by atoms with Crippen LogP contribution in [-0.4, -0.2) is 13.4 Å². The Balaban J connectivity index is 2.16. The Kier molecular flexibility index (Phi) is 3.66. The van der Waals surface area contributed by atoms with Gasteiger partial charge in [0.05, 0.1) is 7.11 Å². The van der Waals surface area contributed by atoms with E-state index in [1.54, 1.807) is 18.9 Å². The second kappa shape index (κ2) is 5.59.